The van der Waals surface area contributed by atoms with Crippen molar-refractivity contribution in [1.29, 1.82) is 0 Å². The van der Waals surface area contributed by atoms with Crippen molar-refractivity contribution in [3.8, 4) is 0 Å². The summed E-state index contributed by atoms with van der Waals surface area (Å²) in [6, 6.07) is 1.34. The number of nitrogens with zero attached hydrogens (tertiary/aromatic N) is 1. The van der Waals surface area contributed by atoms with Gasteiger partial charge in [-0.2, -0.15) is 0 Å². The monoisotopic (exact) mass is 269 g/mol. The molecule has 7 heteroatoms. The number of hydrogen-bond acceptors (Lipinski definition) is 5. The lowest BCUT2D eigenvalue weighted by Crippen LogP contribution is -2.37. The first-order valence-electron chi connectivity index (χ1n) is 5.28. The average Bonchev–Trinajstić information content (AvgIpc) is 2.66. The van der Waals surface area contributed by atoms with Crippen LogP contribution >= 0.6 is 11.8 Å². The number of hydrogen-bond donors (Lipinski definition) is 1. The molecular formula is C11H11NO5S. The second kappa shape index (κ2) is 4.85. The van der Waals surface area contributed by atoms with Gasteiger partial charge in [-0.1, -0.05) is 11.8 Å². The van der Waals surface area contributed by atoms with E-state index in [0.717, 1.165) is 16.7 Å². The molecule has 0 saturated carbocycles. The Labute approximate surface area is 107 Å². The lowest BCUT2D eigenvalue weighted by Gasteiger charge is -2.23. The predicted octanol–water partition coefficient (Wildman–Crippen LogP) is 1.87. The SMILES string of the molecule is Cc1oc(C(=O)O)cc1CN1C(=O)CCSC1=O. The number of aromatic carboxylic acids is 1. The number of thioether (sulfide) groups is 1. The Morgan fingerprint density at radius 3 is 2.83 bits per heavy atom. The molecule has 0 spiro atoms. The summed E-state index contributed by atoms with van der Waals surface area (Å²) in [7, 11) is 0. The van der Waals surface area contributed by atoms with Crippen molar-refractivity contribution in [1.82, 2.24) is 4.90 Å². The lowest BCUT2D eigenvalue weighted by atomic mass is 10.2. The van der Waals surface area contributed by atoms with Crippen LogP contribution in [0.5, 0.6) is 0 Å². The van der Waals surface area contributed by atoms with Gasteiger partial charge in [-0.25, -0.2) is 4.79 Å². The van der Waals surface area contributed by atoms with Crippen LogP contribution in [-0.2, 0) is 11.3 Å². The zero-order valence-electron chi connectivity index (χ0n) is 9.63. The van der Waals surface area contributed by atoms with Crippen molar-refractivity contribution in [2.24, 2.45) is 0 Å². The van der Waals surface area contributed by atoms with Crippen molar-refractivity contribution in [2.75, 3.05) is 5.75 Å². The van der Waals surface area contributed by atoms with Crippen LogP contribution in [0, 0.1) is 6.92 Å². The Morgan fingerprint density at radius 1 is 1.56 bits per heavy atom. The van der Waals surface area contributed by atoms with E-state index in [1.54, 1.807) is 6.92 Å². The molecule has 0 unspecified atom stereocenters. The molecule has 0 bridgehead atoms. The van der Waals surface area contributed by atoms with Gasteiger partial charge in [0.2, 0.25) is 11.7 Å². The van der Waals surface area contributed by atoms with Gasteiger partial charge in [0.25, 0.3) is 5.24 Å². The highest BCUT2D eigenvalue weighted by Crippen LogP contribution is 2.23. The Kier molecular flexibility index (Phi) is 3.42. The quantitative estimate of drug-likeness (QED) is 0.901. The summed E-state index contributed by atoms with van der Waals surface area (Å²) in [5, 5.41) is 8.48. The maximum Gasteiger partial charge on any atom is 0.371 e. The summed E-state index contributed by atoms with van der Waals surface area (Å²) < 4.78 is 5.03. The van der Waals surface area contributed by atoms with Crippen LogP contribution in [0.15, 0.2) is 10.5 Å². The minimum atomic E-state index is -1.17. The van der Waals surface area contributed by atoms with Gasteiger partial charge in [-0.3, -0.25) is 14.5 Å². The number of aryl methyl sites for hydroxylation is 1. The number of carbonyl (C=O) groups excluding carboxylic acids is 2. The molecule has 18 heavy (non-hydrogen) atoms. The van der Waals surface area contributed by atoms with Crippen molar-refractivity contribution in [2.45, 2.75) is 19.9 Å². The molecule has 0 atom stereocenters. The van der Waals surface area contributed by atoms with Crippen LogP contribution in [0.25, 0.3) is 0 Å². The standard InChI is InChI=1S/C11H11NO5S/c1-6-7(4-8(17-6)10(14)15)5-12-9(13)2-3-18-11(12)16/h4H,2-3,5H2,1H3,(H,14,15). The molecule has 0 radical (unpaired) electrons. The average molecular weight is 269 g/mol. The summed E-state index contributed by atoms with van der Waals surface area (Å²) in [6.07, 6.45) is 0.319. The molecular weight excluding hydrogens is 258 g/mol. The van der Waals surface area contributed by atoms with E-state index in [-0.39, 0.29) is 23.5 Å². The third-order valence-electron chi connectivity index (χ3n) is 2.62. The van der Waals surface area contributed by atoms with E-state index in [9.17, 15) is 14.4 Å². The Morgan fingerprint density at radius 2 is 2.28 bits per heavy atom. The first-order chi connectivity index (χ1) is 8.49. The summed E-state index contributed by atoms with van der Waals surface area (Å²) in [6.45, 7) is 1.67. The first-order valence-corrected chi connectivity index (χ1v) is 6.27. The maximum atomic E-state index is 11.6. The van der Waals surface area contributed by atoms with Crippen molar-refractivity contribution in [3.05, 3.63) is 23.2 Å². The van der Waals surface area contributed by atoms with Crippen LogP contribution in [0.1, 0.15) is 28.3 Å². The van der Waals surface area contributed by atoms with Crippen LogP contribution in [0.2, 0.25) is 0 Å². The van der Waals surface area contributed by atoms with E-state index in [2.05, 4.69) is 0 Å². The van der Waals surface area contributed by atoms with Gasteiger partial charge in [-0.05, 0) is 13.0 Å². The third kappa shape index (κ3) is 2.40. The number of carboxylic acids is 1. The highest BCUT2D eigenvalue weighted by Gasteiger charge is 2.28. The summed E-state index contributed by atoms with van der Waals surface area (Å²) >= 11 is 1.09. The molecule has 2 rings (SSSR count). The first kappa shape index (κ1) is 12.7. The van der Waals surface area contributed by atoms with Crippen molar-refractivity contribution in [3.63, 3.8) is 0 Å². The van der Waals surface area contributed by atoms with Gasteiger partial charge >= 0.3 is 5.97 Å². The molecule has 96 valence electrons. The predicted molar refractivity (Wildman–Crippen MR) is 63.4 cm³/mol. The fraction of sp³-hybridized carbons (Fsp3) is 0.364. The molecule has 1 aliphatic rings. The van der Waals surface area contributed by atoms with Gasteiger partial charge in [0.1, 0.15) is 5.76 Å². The number of amides is 2. The number of carboxylic acid groups (broad SMARTS) is 1. The fourth-order valence-electron chi connectivity index (χ4n) is 1.65. The van der Waals surface area contributed by atoms with E-state index in [4.69, 9.17) is 9.52 Å². The molecule has 1 N–H and O–H groups in total. The molecule has 2 heterocycles. The second-order valence-corrected chi connectivity index (χ2v) is 4.89. The minimum Gasteiger partial charge on any atom is -0.475 e. The highest BCUT2D eigenvalue weighted by molar-refractivity contribution is 8.13. The zero-order valence-corrected chi connectivity index (χ0v) is 10.5. The Balaban J connectivity index is 2.20. The smallest absolute Gasteiger partial charge is 0.371 e. The summed E-state index contributed by atoms with van der Waals surface area (Å²) in [4.78, 5) is 35.1. The largest absolute Gasteiger partial charge is 0.475 e. The minimum absolute atomic E-state index is 0.0628. The number of imide groups is 1. The van der Waals surface area contributed by atoms with Crippen molar-refractivity contribution < 1.29 is 23.9 Å². The molecule has 0 aliphatic carbocycles. The molecule has 1 aliphatic heterocycles. The van der Waals surface area contributed by atoms with Gasteiger partial charge in [-0.15, -0.1) is 0 Å². The molecule has 1 fully saturated rings. The van der Waals surface area contributed by atoms with Gasteiger partial charge in [0.15, 0.2) is 0 Å². The van der Waals surface area contributed by atoms with E-state index in [0.29, 0.717) is 23.5 Å². The zero-order chi connectivity index (χ0) is 13.3. The van der Waals surface area contributed by atoms with E-state index in [1.807, 2.05) is 0 Å². The van der Waals surface area contributed by atoms with Gasteiger partial charge in [0.05, 0.1) is 6.54 Å². The molecule has 0 aromatic carbocycles. The molecule has 1 aromatic rings. The normalized spacial score (nSPS) is 16.2. The van der Waals surface area contributed by atoms with E-state index >= 15 is 0 Å². The summed E-state index contributed by atoms with van der Waals surface area (Å²) in [5.74, 6) is -0.694. The summed E-state index contributed by atoms with van der Waals surface area (Å²) in [5.41, 5.74) is 0.539. The van der Waals surface area contributed by atoms with Crippen LogP contribution < -0.4 is 0 Å². The Hall–Kier alpha value is -1.76. The highest BCUT2D eigenvalue weighted by atomic mass is 32.2. The Bertz CT molecular complexity index is 506. The van der Waals surface area contributed by atoms with Crippen LogP contribution in [0.3, 0.4) is 0 Å². The van der Waals surface area contributed by atoms with E-state index in [1.165, 1.54) is 6.07 Å². The number of rotatable bonds is 3. The fourth-order valence-corrected chi connectivity index (χ4v) is 2.42. The third-order valence-corrected chi connectivity index (χ3v) is 3.50. The van der Waals surface area contributed by atoms with Crippen LogP contribution in [0.4, 0.5) is 4.79 Å². The molecule has 1 aromatic heterocycles. The van der Waals surface area contributed by atoms with Crippen LogP contribution in [-0.4, -0.2) is 32.9 Å². The molecule has 2 amide bonds. The van der Waals surface area contributed by atoms with E-state index < -0.39 is 5.97 Å². The topological polar surface area (TPSA) is 87.8 Å². The second-order valence-electron chi connectivity index (χ2n) is 3.84. The molecule has 1 saturated heterocycles. The number of carbonyl (C=O) groups is 3. The lowest BCUT2D eigenvalue weighted by molar-refractivity contribution is -0.128. The van der Waals surface area contributed by atoms with Gasteiger partial charge in [0, 0.05) is 17.7 Å². The molecule has 6 nitrogen and oxygen atoms in total. The van der Waals surface area contributed by atoms with Gasteiger partial charge < -0.3 is 9.52 Å². The van der Waals surface area contributed by atoms with Crippen molar-refractivity contribution >= 4 is 28.9 Å². The number of furan rings is 1. The maximum absolute atomic E-state index is 11.6.